The van der Waals surface area contributed by atoms with Crippen molar-refractivity contribution in [2.24, 2.45) is 0 Å². The quantitative estimate of drug-likeness (QED) is 0.948. The topological polar surface area (TPSA) is 53.7 Å². The summed E-state index contributed by atoms with van der Waals surface area (Å²) in [5.41, 5.74) is 1.44. The lowest BCUT2D eigenvalue weighted by Gasteiger charge is -2.16. The van der Waals surface area contributed by atoms with Gasteiger partial charge in [-0.1, -0.05) is 12.1 Å². The first-order valence-corrected chi connectivity index (χ1v) is 6.13. The minimum atomic E-state index is -0.122. The molecule has 1 amide bonds. The Kier molecular flexibility index (Phi) is 3.72. The van der Waals surface area contributed by atoms with E-state index in [9.17, 15) is 9.90 Å². The summed E-state index contributed by atoms with van der Waals surface area (Å²) in [6.07, 6.45) is 1.46. The SMILES string of the molecule is CN(Cc1ccc(O)cc1)C(=O)c1ccoc1Br. The van der Waals surface area contributed by atoms with Gasteiger partial charge in [-0.2, -0.15) is 0 Å². The molecule has 0 aliphatic carbocycles. The highest BCUT2D eigenvalue weighted by Crippen LogP contribution is 2.20. The summed E-state index contributed by atoms with van der Waals surface area (Å²) in [6.45, 7) is 0.469. The van der Waals surface area contributed by atoms with Crippen LogP contribution in [0.1, 0.15) is 15.9 Å². The van der Waals surface area contributed by atoms with E-state index in [1.807, 2.05) is 0 Å². The highest BCUT2D eigenvalue weighted by atomic mass is 79.9. The summed E-state index contributed by atoms with van der Waals surface area (Å²) >= 11 is 3.18. The second-order valence-corrected chi connectivity index (χ2v) is 4.66. The van der Waals surface area contributed by atoms with Crippen LogP contribution in [0.25, 0.3) is 0 Å². The predicted molar refractivity (Wildman–Crippen MR) is 70.3 cm³/mol. The van der Waals surface area contributed by atoms with Crippen LogP contribution in [0.3, 0.4) is 0 Å². The van der Waals surface area contributed by atoms with Crippen molar-refractivity contribution in [3.05, 3.63) is 52.4 Å². The van der Waals surface area contributed by atoms with Crippen LogP contribution in [0.4, 0.5) is 0 Å². The number of hydrogen-bond donors (Lipinski definition) is 1. The van der Waals surface area contributed by atoms with E-state index in [4.69, 9.17) is 4.42 Å². The van der Waals surface area contributed by atoms with Crippen LogP contribution in [0, 0.1) is 0 Å². The van der Waals surface area contributed by atoms with Gasteiger partial charge in [-0.15, -0.1) is 0 Å². The van der Waals surface area contributed by atoms with Gasteiger partial charge in [0.2, 0.25) is 0 Å². The summed E-state index contributed by atoms with van der Waals surface area (Å²) in [7, 11) is 1.72. The number of furan rings is 1. The molecule has 4 nitrogen and oxygen atoms in total. The van der Waals surface area contributed by atoms with Crippen LogP contribution in [0.2, 0.25) is 0 Å². The van der Waals surface area contributed by atoms with Crippen LogP contribution in [-0.2, 0) is 6.54 Å². The number of halogens is 1. The normalized spacial score (nSPS) is 10.3. The Morgan fingerprint density at radius 1 is 1.33 bits per heavy atom. The molecule has 1 aromatic heterocycles. The van der Waals surface area contributed by atoms with Gasteiger partial charge in [-0.05, 0) is 39.7 Å². The van der Waals surface area contributed by atoms with E-state index in [1.165, 1.54) is 6.26 Å². The largest absolute Gasteiger partial charge is 0.508 e. The molecule has 5 heteroatoms. The van der Waals surface area contributed by atoms with Gasteiger partial charge in [-0.25, -0.2) is 0 Å². The van der Waals surface area contributed by atoms with Crippen molar-refractivity contribution in [2.75, 3.05) is 7.05 Å². The second-order valence-electron chi connectivity index (χ2n) is 3.94. The molecule has 94 valence electrons. The smallest absolute Gasteiger partial charge is 0.258 e. The zero-order valence-corrected chi connectivity index (χ0v) is 11.3. The molecule has 0 saturated carbocycles. The minimum Gasteiger partial charge on any atom is -0.508 e. The van der Waals surface area contributed by atoms with Gasteiger partial charge in [0.05, 0.1) is 11.8 Å². The number of rotatable bonds is 3. The van der Waals surface area contributed by atoms with E-state index >= 15 is 0 Å². The molecular weight excluding hydrogens is 298 g/mol. The third-order valence-electron chi connectivity index (χ3n) is 2.55. The first kappa shape index (κ1) is 12.7. The summed E-state index contributed by atoms with van der Waals surface area (Å²) < 4.78 is 5.47. The molecule has 0 spiro atoms. The lowest BCUT2D eigenvalue weighted by atomic mass is 10.2. The first-order chi connectivity index (χ1) is 8.58. The molecule has 0 aliphatic rings. The molecule has 0 bridgehead atoms. The number of nitrogens with zero attached hydrogens (tertiary/aromatic N) is 1. The summed E-state index contributed by atoms with van der Waals surface area (Å²) in [5.74, 6) is 0.0917. The fourth-order valence-electron chi connectivity index (χ4n) is 1.60. The standard InChI is InChI=1S/C13H12BrNO3/c1-15(8-9-2-4-10(16)5-3-9)13(17)11-6-7-18-12(11)14/h2-7,16H,8H2,1H3. The van der Waals surface area contributed by atoms with Crippen molar-refractivity contribution in [2.45, 2.75) is 6.54 Å². The molecule has 0 aliphatic heterocycles. The van der Waals surface area contributed by atoms with Gasteiger partial charge in [-0.3, -0.25) is 4.79 Å². The zero-order valence-electron chi connectivity index (χ0n) is 9.76. The van der Waals surface area contributed by atoms with E-state index in [0.29, 0.717) is 16.8 Å². The van der Waals surface area contributed by atoms with E-state index < -0.39 is 0 Å². The highest BCUT2D eigenvalue weighted by Gasteiger charge is 2.17. The monoisotopic (exact) mass is 309 g/mol. The van der Waals surface area contributed by atoms with Crippen molar-refractivity contribution in [1.29, 1.82) is 0 Å². The van der Waals surface area contributed by atoms with Crippen LogP contribution in [0.5, 0.6) is 5.75 Å². The van der Waals surface area contributed by atoms with Crippen molar-refractivity contribution in [3.8, 4) is 5.75 Å². The summed E-state index contributed by atoms with van der Waals surface area (Å²) in [4.78, 5) is 13.7. The lowest BCUT2D eigenvalue weighted by molar-refractivity contribution is 0.0783. The van der Waals surface area contributed by atoms with Gasteiger partial charge in [0.15, 0.2) is 4.67 Å². The summed E-state index contributed by atoms with van der Waals surface area (Å²) in [5, 5.41) is 9.19. The molecule has 2 rings (SSSR count). The molecule has 0 unspecified atom stereocenters. The van der Waals surface area contributed by atoms with Crippen LogP contribution >= 0.6 is 15.9 Å². The van der Waals surface area contributed by atoms with Gasteiger partial charge in [0.25, 0.3) is 5.91 Å². The number of carbonyl (C=O) groups excluding carboxylic acids is 1. The lowest BCUT2D eigenvalue weighted by Crippen LogP contribution is -2.26. The molecule has 0 fully saturated rings. The number of hydrogen-bond acceptors (Lipinski definition) is 3. The molecule has 1 N–H and O–H groups in total. The third kappa shape index (κ3) is 2.73. The maximum Gasteiger partial charge on any atom is 0.258 e. The Hall–Kier alpha value is -1.75. The molecule has 1 aromatic carbocycles. The number of phenolic OH excluding ortho intramolecular Hbond substituents is 1. The maximum atomic E-state index is 12.1. The van der Waals surface area contributed by atoms with Gasteiger partial charge in [0, 0.05) is 13.6 Å². The van der Waals surface area contributed by atoms with Crippen molar-refractivity contribution in [3.63, 3.8) is 0 Å². The molecule has 0 atom stereocenters. The fraction of sp³-hybridized carbons (Fsp3) is 0.154. The van der Waals surface area contributed by atoms with Gasteiger partial charge in [0.1, 0.15) is 5.75 Å². The Labute approximate surface area is 113 Å². The highest BCUT2D eigenvalue weighted by molar-refractivity contribution is 9.10. The number of phenols is 1. The van der Waals surface area contributed by atoms with Crippen LogP contribution in [0.15, 0.2) is 45.7 Å². The molecule has 1 heterocycles. The van der Waals surface area contributed by atoms with Crippen molar-refractivity contribution in [1.82, 2.24) is 4.90 Å². The fourth-order valence-corrected chi connectivity index (χ4v) is 2.01. The Balaban J connectivity index is 2.08. The third-order valence-corrected chi connectivity index (χ3v) is 3.17. The Morgan fingerprint density at radius 2 is 2.00 bits per heavy atom. The van der Waals surface area contributed by atoms with Gasteiger partial charge < -0.3 is 14.4 Å². The molecule has 0 radical (unpaired) electrons. The molecule has 0 saturated heterocycles. The molecule has 18 heavy (non-hydrogen) atoms. The number of benzene rings is 1. The van der Waals surface area contributed by atoms with Crippen molar-refractivity contribution >= 4 is 21.8 Å². The second kappa shape index (κ2) is 5.27. The van der Waals surface area contributed by atoms with E-state index in [0.717, 1.165) is 5.56 Å². The Bertz CT molecular complexity index is 548. The first-order valence-electron chi connectivity index (χ1n) is 5.34. The van der Waals surface area contributed by atoms with Gasteiger partial charge >= 0.3 is 0 Å². The molecule has 2 aromatic rings. The zero-order chi connectivity index (χ0) is 13.1. The van der Waals surface area contributed by atoms with E-state index in [-0.39, 0.29) is 11.7 Å². The van der Waals surface area contributed by atoms with E-state index in [1.54, 1.807) is 42.3 Å². The van der Waals surface area contributed by atoms with Crippen LogP contribution in [-0.4, -0.2) is 23.0 Å². The average molecular weight is 310 g/mol. The Morgan fingerprint density at radius 3 is 2.56 bits per heavy atom. The van der Waals surface area contributed by atoms with E-state index in [2.05, 4.69) is 15.9 Å². The van der Waals surface area contributed by atoms with Crippen molar-refractivity contribution < 1.29 is 14.3 Å². The number of carbonyl (C=O) groups is 1. The van der Waals surface area contributed by atoms with Crippen LogP contribution < -0.4 is 0 Å². The average Bonchev–Trinajstić information content (AvgIpc) is 2.77. The number of aromatic hydroxyl groups is 1. The predicted octanol–water partition coefficient (Wildman–Crippen LogP) is 3.02. The number of amides is 1. The summed E-state index contributed by atoms with van der Waals surface area (Å²) in [6, 6.07) is 8.38. The minimum absolute atomic E-state index is 0.122. The molecular formula is C13H12BrNO3. The maximum absolute atomic E-state index is 12.1.